The number of aryl methyl sites for hydroxylation is 1. The molecule has 0 unspecified atom stereocenters. The van der Waals surface area contributed by atoms with Crippen molar-refractivity contribution < 1.29 is 19.0 Å². The first kappa shape index (κ1) is 13.7. The fourth-order valence-corrected chi connectivity index (χ4v) is 2.03. The highest BCUT2D eigenvalue weighted by atomic mass is 16.7. The number of rotatable bonds is 5. The van der Waals surface area contributed by atoms with E-state index in [1.54, 1.807) is 0 Å². The molecule has 0 saturated heterocycles. The van der Waals surface area contributed by atoms with E-state index in [1.807, 2.05) is 24.1 Å². The second-order valence-corrected chi connectivity index (χ2v) is 4.70. The Balaban J connectivity index is 1.94. The number of ether oxygens (including phenoxy) is 3. The number of hydrogen-bond donors (Lipinski definition) is 0. The summed E-state index contributed by atoms with van der Waals surface area (Å²) < 4.78 is 15.3. The van der Waals surface area contributed by atoms with Gasteiger partial charge in [0.05, 0.1) is 13.7 Å². The van der Waals surface area contributed by atoms with Gasteiger partial charge in [-0.3, -0.25) is 9.69 Å². The second-order valence-electron chi connectivity index (χ2n) is 4.70. The van der Waals surface area contributed by atoms with Gasteiger partial charge >= 0.3 is 5.97 Å². The molecule has 2 rings (SSSR count). The molecular weight excluding hydrogens is 246 g/mol. The monoisotopic (exact) mass is 265 g/mol. The fourth-order valence-electron chi connectivity index (χ4n) is 2.03. The minimum Gasteiger partial charge on any atom is -0.468 e. The molecule has 0 bridgehead atoms. The van der Waals surface area contributed by atoms with E-state index in [-0.39, 0.29) is 5.97 Å². The predicted octanol–water partition coefficient (Wildman–Crippen LogP) is 1.37. The van der Waals surface area contributed by atoms with E-state index in [0.29, 0.717) is 13.3 Å². The molecule has 0 fully saturated rings. The summed E-state index contributed by atoms with van der Waals surface area (Å²) in [5.74, 6) is 1.39. The maximum absolute atomic E-state index is 11.2. The van der Waals surface area contributed by atoms with E-state index in [2.05, 4.69) is 11.7 Å². The third kappa shape index (κ3) is 3.38. The molecule has 5 heteroatoms. The van der Waals surface area contributed by atoms with Gasteiger partial charge in [0.2, 0.25) is 6.79 Å². The molecule has 1 aliphatic heterocycles. The molecule has 1 aromatic rings. The zero-order valence-electron chi connectivity index (χ0n) is 11.6. The molecule has 19 heavy (non-hydrogen) atoms. The smallest absolute Gasteiger partial charge is 0.319 e. The summed E-state index contributed by atoms with van der Waals surface area (Å²) in [7, 11) is 3.30. The lowest BCUT2D eigenvalue weighted by atomic mass is 10.0. The third-order valence-electron chi connectivity index (χ3n) is 3.22. The van der Waals surface area contributed by atoms with Crippen LogP contribution in [-0.4, -0.2) is 44.9 Å². The molecule has 0 aliphatic carbocycles. The maximum atomic E-state index is 11.2. The SMILES string of the molecule is COC(=O)CN(C)CCc1cc2c(cc1C)OCO2. The lowest BCUT2D eigenvalue weighted by Crippen LogP contribution is -2.28. The maximum Gasteiger partial charge on any atom is 0.319 e. The van der Waals surface area contributed by atoms with Crippen molar-refractivity contribution >= 4 is 5.97 Å². The van der Waals surface area contributed by atoms with Gasteiger partial charge in [0.15, 0.2) is 11.5 Å². The van der Waals surface area contributed by atoms with Crippen LogP contribution in [0.25, 0.3) is 0 Å². The highest BCUT2D eigenvalue weighted by Crippen LogP contribution is 2.34. The van der Waals surface area contributed by atoms with E-state index < -0.39 is 0 Å². The third-order valence-corrected chi connectivity index (χ3v) is 3.22. The molecule has 1 aromatic carbocycles. The number of likely N-dealkylation sites (N-methyl/N-ethyl adjacent to an activating group) is 1. The lowest BCUT2D eigenvalue weighted by Gasteiger charge is -2.16. The summed E-state index contributed by atoms with van der Waals surface area (Å²) in [5, 5.41) is 0. The molecule has 0 saturated carbocycles. The Hall–Kier alpha value is -1.75. The number of esters is 1. The van der Waals surface area contributed by atoms with E-state index >= 15 is 0 Å². The first-order valence-corrected chi connectivity index (χ1v) is 6.24. The summed E-state index contributed by atoms with van der Waals surface area (Å²) in [6.07, 6.45) is 0.857. The molecule has 0 radical (unpaired) electrons. The van der Waals surface area contributed by atoms with Gasteiger partial charge in [-0.05, 0) is 43.7 Å². The highest BCUT2D eigenvalue weighted by Gasteiger charge is 2.16. The average Bonchev–Trinajstić information content (AvgIpc) is 2.82. The predicted molar refractivity (Wildman–Crippen MR) is 70.5 cm³/mol. The van der Waals surface area contributed by atoms with Crippen molar-refractivity contribution in [2.24, 2.45) is 0 Å². The van der Waals surface area contributed by atoms with Crippen LogP contribution in [0.2, 0.25) is 0 Å². The van der Waals surface area contributed by atoms with Crippen molar-refractivity contribution in [2.45, 2.75) is 13.3 Å². The van der Waals surface area contributed by atoms with Crippen LogP contribution in [0.1, 0.15) is 11.1 Å². The van der Waals surface area contributed by atoms with Gasteiger partial charge < -0.3 is 14.2 Å². The van der Waals surface area contributed by atoms with Crippen molar-refractivity contribution in [3.63, 3.8) is 0 Å². The first-order chi connectivity index (χ1) is 9.10. The van der Waals surface area contributed by atoms with Gasteiger partial charge in [-0.25, -0.2) is 0 Å². The molecule has 1 aliphatic rings. The van der Waals surface area contributed by atoms with Crippen LogP contribution in [0.4, 0.5) is 0 Å². The number of carbonyl (C=O) groups excluding carboxylic acids is 1. The molecule has 0 aromatic heterocycles. The minimum absolute atomic E-state index is 0.218. The summed E-state index contributed by atoms with van der Waals surface area (Å²) >= 11 is 0. The number of nitrogens with zero attached hydrogens (tertiary/aromatic N) is 1. The number of fused-ring (bicyclic) bond motifs is 1. The number of carbonyl (C=O) groups is 1. The van der Waals surface area contributed by atoms with Crippen LogP contribution >= 0.6 is 0 Å². The Morgan fingerprint density at radius 3 is 2.74 bits per heavy atom. The normalized spacial score (nSPS) is 12.8. The Morgan fingerprint density at radius 1 is 1.37 bits per heavy atom. The molecule has 1 heterocycles. The van der Waals surface area contributed by atoms with E-state index in [9.17, 15) is 4.79 Å². The van der Waals surface area contributed by atoms with Crippen LogP contribution in [0.15, 0.2) is 12.1 Å². The van der Waals surface area contributed by atoms with Crippen molar-refractivity contribution in [1.82, 2.24) is 4.90 Å². The minimum atomic E-state index is -0.218. The second kappa shape index (κ2) is 5.93. The summed E-state index contributed by atoms with van der Waals surface area (Å²) in [4.78, 5) is 13.1. The van der Waals surface area contributed by atoms with Gasteiger partial charge in [0, 0.05) is 6.54 Å². The van der Waals surface area contributed by atoms with Crippen molar-refractivity contribution in [3.8, 4) is 11.5 Å². The molecule has 0 amide bonds. The summed E-state index contributed by atoms with van der Waals surface area (Å²) in [6, 6.07) is 4.02. The van der Waals surface area contributed by atoms with Crippen LogP contribution in [0.3, 0.4) is 0 Å². The highest BCUT2D eigenvalue weighted by molar-refractivity contribution is 5.71. The lowest BCUT2D eigenvalue weighted by molar-refractivity contribution is -0.141. The van der Waals surface area contributed by atoms with Gasteiger partial charge in [-0.15, -0.1) is 0 Å². The van der Waals surface area contributed by atoms with Crippen LogP contribution in [0.5, 0.6) is 11.5 Å². The van der Waals surface area contributed by atoms with Crippen molar-refractivity contribution in [2.75, 3.05) is 34.0 Å². The van der Waals surface area contributed by atoms with Gasteiger partial charge in [0.1, 0.15) is 0 Å². The van der Waals surface area contributed by atoms with Gasteiger partial charge in [-0.2, -0.15) is 0 Å². The Kier molecular flexibility index (Phi) is 4.27. The molecule has 0 spiro atoms. The average molecular weight is 265 g/mol. The van der Waals surface area contributed by atoms with E-state index in [0.717, 1.165) is 24.5 Å². The topological polar surface area (TPSA) is 48.0 Å². The van der Waals surface area contributed by atoms with E-state index in [1.165, 1.54) is 18.2 Å². The Labute approximate surface area is 113 Å². The van der Waals surface area contributed by atoms with Crippen LogP contribution in [0, 0.1) is 6.92 Å². The van der Waals surface area contributed by atoms with Crippen LogP contribution in [-0.2, 0) is 16.0 Å². The number of hydrogen-bond acceptors (Lipinski definition) is 5. The zero-order valence-corrected chi connectivity index (χ0v) is 11.6. The Morgan fingerprint density at radius 2 is 2.05 bits per heavy atom. The van der Waals surface area contributed by atoms with Gasteiger partial charge in [0.25, 0.3) is 0 Å². The zero-order chi connectivity index (χ0) is 13.8. The largest absolute Gasteiger partial charge is 0.468 e. The first-order valence-electron chi connectivity index (χ1n) is 6.24. The molecule has 104 valence electrons. The van der Waals surface area contributed by atoms with Gasteiger partial charge in [-0.1, -0.05) is 0 Å². The molecule has 5 nitrogen and oxygen atoms in total. The summed E-state index contributed by atoms with van der Waals surface area (Å²) in [5.41, 5.74) is 2.39. The van der Waals surface area contributed by atoms with Crippen molar-refractivity contribution in [1.29, 1.82) is 0 Å². The van der Waals surface area contributed by atoms with Crippen LogP contribution < -0.4 is 9.47 Å². The molecule has 0 N–H and O–H groups in total. The standard InChI is InChI=1S/C14H19NO4/c1-10-6-12-13(19-9-18-12)7-11(10)4-5-15(2)8-14(16)17-3/h6-7H,4-5,8-9H2,1-3H3. The molecular formula is C14H19NO4. The quantitative estimate of drug-likeness (QED) is 0.753. The number of methoxy groups -OCH3 is 1. The Bertz CT molecular complexity index is 473. The molecule has 0 atom stereocenters. The van der Waals surface area contributed by atoms with Crippen molar-refractivity contribution in [3.05, 3.63) is 23.3 Å². The number of benzene rings is 1. The fraction of sp³-hybridized carbons (Fsp3) is 0.500. The summed E-state index contributed by atoms with van der Waals surface area (Å²) in [6.45, 7) is 3.44. The van der Waals surface area contributed by atoms with E-state index in [4.69, 9.17) is 9.47 Å².